The number of likely N-dealkylation sites (tertiary alicyclic amines) is 1. The molecule has 1 aromatic carbocycles. The van der Waals surface area contributed by atoms with Crippen LogP contribution in [0.3, 0.4) is 0 Å². The van der Waals surface area contributed by atoms with Gasteiger partial charge in [-0.1, -0.05) is 6.92 Å². The van der Waals surface area contributed by atoms with Crippen LogP contribution >= 0.6 is 11.3 Å². The van der Waals surface area contributed by atoms with Gasteiger partial charge in [-0.3, -0.25) is 10.2 Å². The Morgan fingerprint density at radius 3 is 2.64 bits per heavy atom. The molecule has 1 N–H and O–H groups in total. The fourth-order valence-electron chi connectivity index (χ4n) is 2.61. The number of thiazole rings is 1. The van der Waals surface area contributed by atoms with Crippen molar-refractivity contribution in [1.29, 1.82) is 5.41 Å². The second-order valence-corrected chi connectivity index (χ2v) is 6.88. The highest BCUT2D eigenvalue weighted by Crippen LogP contribution is 2.40. The summed E-state index contributed by atoms with van der Waals surface area (Å²) in [6.07, 6.45) is 2.66. The Kier molecular flexibility index (Phi) is 3.56. The molecule has 1 fully saturated rings. The van der Waals surface area contributed by atoms with Crippen molar-refractivity contribution in [2.24, 2.45) is 0 Å². The molecule has 22 heavy (non-hydrogen) atoms. The van der Waals surface area contributed by atoms with Crippen LogP contribution < -0.4 is 0 Å². The lowest BCUT2D eigenvalue weighted by Gasteiger charge is -2.36. The highest BCUT2D eigenvalue weighted by atomic mass is 32.1. The monoisotopic (exact) mass is 317 g/mol. The maximum atomic E-state index is 13.0. The van der Waals surface area contributed by atoms with Crippen molar-refractivity contribution >= 4 is 23.1 Å². The summed E-state index contributed by atoms with van der Waals surface area (Å²) < 4.78 is 13.0. The topological polar surface area (TPSA) is 57.1 Å². The molecule has 1 atom stereocenters. The van der Waals surface area contributed by atoms with E-state index in [1.54, 1.807) is 25.4 Å². The van der Waals surface area contributed by atoms with Crippen LogP contribution in [0.1, 0.15) is 24.6 Å². The first kappa shape index (κ1) is 14.8. The zero-order valence-corrected chi connectivity index (χ0v) is 13.2. The molecule has 0 bridgehead atoms. The van der Waals surface area contributed by atoms with E-state index in [1.165, 1.54) is 28.4 Å². The molecule has 1 aliphatic heterocycles. The van der Waals surface area contributed by atoms with E-state index in [9.17, 15) is 9.18 Å². The highest BCUT2D eigenvalue weighted by Gasteiger charge is 2.39. The van der Waals surface area contributed by atoms with Crippen molar-refractivity contribution < 1.29 is 9.18 Å². The first-order valence-electron chi connectivity index (χ1n) is 6.95. The molecule has 2 aromatic rings. The van der Waals surface area contributed by atoms with Crippen LogP contribution in [0, 0.1) is 11.2 Å². The fourth-order valence-corrected chi connectivity index (χ4v) is 3.67. The molecule has 6 heteroatoms. The van der Waals surface area contributed by atoms with Gasteiger partial charge in [0, 0.05) is 41.9 Å². The molecule has 114 valence electrons. The molecule has 0 saturated carbocycles. The predicted molar refractivity (Wildman–Crippen MR) is 84.6 cm³/mol. The van der Waals surface area contributed by atoms with Gasteiger partial charge >= 0.3 is 0 Å². The van der Waals surface area contributed by atoms with E-state index >= 15 is 0 Å². The minimum Gasteiger partial charge on any atom is -0.304 e. The Labute approximate surface area is 132 Å². The van der Waals surface area contributed by atoms with Crippen molar-refractivity contribution in [2.75, 3.05) is 7.05 Å². The molecule has 1 amide bonds. The third kappa shape index (κ3) is 2.54. The van der Waals surface area contributed by atoms with Crippen molar-refractivity contribution in [2.45, 2.75) is 25.2 Å². The number of piperidine rings is 1. The van der Waals surface area contributed by atoms with E-state index in [0.717, 1.165) is 15.4 Å². The lowest BCUT2D eigenvalue weighted by molar-refractivity contribution is -0.128. The molecule has 0 aliphatic carbocycles. The lowest BCUT2D eigenvalue weighted by atomic mass is 9.78. The van der Waals surface area contributed by atoms with Gasteiger partial charge in [0.2, 0.25) is 5.91 Å². The number of rotatable bonds is 2. The van der Waals surface area contributed by atoms with E-state index in [1.807, 2.05) is 6.92 Å². The number of amides is 1. The summed E-state index contributed by atoms with van der Waals surface area (Å²) in [6.45, 7) is 1.99. The molecule has 3 rings (SSSR count). The average Bonchev–Trinajstić information content (AvgIpc) is 2.96. The zero-order chi connectivity index (χ0) is 15.9. The summed E-state index contributed by atoms with van der Waals surface area (Å²) in [4.78, 5) is 18.8. The maximum absolute atomic E-state index is 13.0. The van der Waals surface area contributed by atoms with Crippen LogP contribution in [0.5, 0.6) is 0 Å². The van der Waals surface area contributed by atoms with Gasteiger partial charge in [-0.05, 0) is 24.3 Å². The van der Waals surface area contributed by atoms with Gasteiger partial charge in [-0.25, -0.2) is 9.37 Å². The molecule has 0 unspecified atom stereocenters. The van der Waals surface area contributed by atoms with Crippen molar-refractivity contribution in [3.63, 3.8) is 0 Å². The minimum atomic E-state index is -0.392. The van der Waals surface area contributed by atoms with Crippen molar-refractivity contribution in [1.82, 2.24) is 9.88 Å². The van der Waals surface area contributed by atoms with Gasteiger partial charge in [0.05, 0.1) is 0 Å². The van der Waals surface area contributed by atoms with E-state index in [2.05, 4.69) is 4.98 Å². The number of halogens is 1. The zero-order valence-electron chi connectivity index (χ0n) is 12.4. The third-order valence-corrected chi connectivity index (χ3v) is 5.42. The standard InChI is InChI=1S/C16H16FN3OS/c1-16(7-13(18)20(2)14(21)8-16)12-9-19-15(22-12)10-3-5-11(17)6-4-10/h3-6,9,18H,7-8H2,1-2H3/t16-/m0/s1. The number of hydrogen-bond donors (Lipinski definition) is 1. The van der Waals surface area contributed by atoms with E-state index in [4.69, 9.17) is 5.41 Å². The van der Waals surface area contributed by atoms with Crippen LogP contribution in [-0.2, 0) is 10.2 Å². The largest absolute Gasteiger partial charge is 0.304 e. The summed E-state index contributed by atoms with van der Waals surface area (Å²) in [5, 5.41) is 8.77. The van der Waals surface area contributed by atoms with Gasteiger partial charge in [0.1, 0.15) is 16.7 Å². The molecule has 1 aromatic heterocycles. The molecule has 0 radical (unpaired) electrons. The first-order valence-corrected chi connectivity index (χ1v) is 7.77. The van der Waals surface area contributed by atoms with Gasteiger partial charge < -0.3 is 4.90 Å². The number of nitrogens with one attached hydrogen (secondary N) is 1. The van der Waals surface area contributed by atoms with Crippen molar-refractivity contribution in [3.05, 3.63) is 41.2 Å². The van der Waals surface area contributed by atoms with Gasteiger partial charge in [-0.15, -0.1) is 11.3 Å². The lowest BCUT2D eigenvalue weighted by Crippen LogP contribution is -2.46. The number of carbonyl (C=O) groups is 1. The Morgan fingerprint density at radius 2 is 2.00 bits per heavy atom. The summed E-state index contributed by atoms with van der Waals surface area (Å²) in [5.41, 5.74) is 0.465. The summed E-state index contributed by atoms with van der Waals surface area (Å²) in [6, 6.07) is 6.21. The Bertz CT molecular complexity index is 720. The van der Waals surface area contributed by atoms with Crippen LogP contribution in [0.2, 0.25) is 0 Å². The molecule has 2 heterocycles. The quantitative estimate of drug-likeness (QED) is 0.922. The average molecular weight is 317 g/mol. The van der Waals surface area contributed by atoms with Crippen LogP contribution in [0.4, 0.5) is 4.39 Å². The predicted octanol–water partition coefficient (Wildman–Crippen LogP) is 3.44. The Morgan fingerprint density at radius 1 is 1.32 bits per heavy atom. The minimum absolute atomic E-state index is 0.0458. The van der Waals surface area contributed by atoms with Crippen LogP contribution in [0.15, 0.2) is 30.5 Å². The first-order chi connectivity index (χ1) is 10.4. The molecule has 4 nitrogen and oxygen atoms in total. The number of amidine groups is 1. The van der Waals surface area contributed by atoms with Gasteiger partial charge in [-0.2, -0.15) is 0 Å². The molecular weight excluding hydrogens is 301 g/mol. The summed E-state index contributed by atoms with van der Waals surface area (Å²) >= 11 is 1.50. The van der Waals surface area contributed by atoms with Crippen LogP contribution in [-0.4, -0.2) is 28.7 Å². The number of aromatic nitrogens is 1. The van der Waals surface area contributed by atoms with E-state index in [0.29, 0.717) is 18.7 Å². The third-order valence-electron chi connectivity index (χ3n) is 4.07. The molecular formula is C16H16FN3OS. The summed E-state index contributed by atoms with van der Waals surface area (Å²) in [5.74, 6) is 0.00724. The number of hydrogen-bond acceptors (Lipinski definition) is 4. The van der Waals surface area contributed by atoms with E-state index in [-0.39, 0.29) is 11.7 Å². The second-order valence-electron chi connectivity index (χ2n) is 5.85. The summed E-state index contributed by atoms with van der Waals surface area (Å²) in [7, 11) is 1.64. The normalized spacial score (nSPS) is 22.2. The SMILES string of the molecule is CN1C(=N)C[C@](C)(c2cnc(-c3ccc(F)cc3)s2)CC1=O. The smallest absolute Gasteiger partial charge is 0.228 e. The maximum Gasteiger partial charge on any atom is 0.228 e. The number of benzene rings is 1. The Hall–Kier alpha value is -2.08. The number of carbonyl (C=O) groups excluding carboxylic acids is 1. The number of nitrogens with zero attached hydrogens (tertiary/aromatic N) is 2. The van der Waals surface area contributed by atoms with Crippen molar-refractivity contribution in [3.8, 4) is 10.6 Å². The molecule has 1 saturated heterocycles. The second kappa shape index (κ2) is 5.28. The van der Waals surface area contributed by atoms with E-state index < -0.39 is 5.41 Å². The molecule has 0 spiro atoms. The van der Waals surface area contributed by atoms with Gasteiger partial charge in [0.15, 0.2) is 0 Å². The van der Waals surface area contributed by atoms with Gasteiger partial charge in [0.25, 0.3) is 0 Å². The molecule has 1 aliphatic rings. The fraction of sp³-hybridized carbons (Fsp3) is 0.312. The highest BCUT2D eigenvalue weighted by molar-refractivity contribution is 7.15. The van der Waals surface area contributed by atoms with Crippen LogP contribution in [0.25, 0.3) is 10.6 Å². The Balaban J connectivity index is 1.91.